The van der Waals surface area contributed by atoms with Gasteiger partial charge < -0.3 is 15.4 Å². The van der Waals surface area contributed by atoms with Crippen LogP contribution in [0.25, 0.3) is 16.5 Å². The molecule has 23 heavy (non-hydrogen) atoms. The number of anilines is 1. The lowest BCUT2D eigenvalue weighted by atomic mass is 10.4. The average molecular weight is 332 g/mol. The Balaban J connectivity index is 1.90. The molecule has 8 nitrogen and oxygen atoms in total. The van der Waals surface area contributed by atoms with Crippen LogP contribution in [-0.4, -0.2) is 44.2 Å². The fourth-order valence-electron chi connectivity index (χ4n) is 2.07. The summed E-state index contributed by atoms with van der Waals surface area (Å²) in [6.45, 7) is 2.61. The van der Waals surface area contributed by atoms with Gasteiger partial charge in [-0.25, -0.2) is 14.8 Å². The number of ether oxygens (including phenoxy) is 1. The van der Waals surface area contributed by atoms with Crippen molar-refractivity contribution in [2.75, 3.05) is 19.3 Å². The molecule has 0 saturated carbocycles. The SMILES string of the molecule is CCCN(C)C(=O)Oc1cc(N)n2nc(-c3nccs3)nc2c1. The normalized spacial score (nSPS) is 10.9. The van der Waals surface area contributed by atoms with Crippen molar-refractivity contribution in [3.8, 4) is 16.6 Å². The third-order valence-corrected chi connectivity index (χ3v) is 3.91. The Bertz CT molecular complexity index is 829. The van der Waals surface area contributed by atoms with Crippen LogP contribution in [0.4, 0.5) is 10.6 Å². The zero-order valence-corrected chi connectivity index (χ0v) is 13.6. The molecular weight excluding hydrogens is 316 g/mol. The monoisotopic (exact) mass is 332 g/mol. The molecule has 120 valence electrons. The van der Waals surface area contributed by atoms with Crippen molar-refractivity contribution in [3.63, 3.8) is 0 Å². The molecule has 0 unspecified atom stereocenters. The summed E-state index contributed by atoms with van der Waals surface area (Å²) in [6.07, 6.45) is 2.11. The fraction of sp³-hybridized carbons (Fsp3) is 0.286. The molecule has 0 aromatic carbocycles. The number of rotatable bonds is 4. The summed E-state index contributed by atoms with van der Waals surface area (Å²) in [5, 5.41) is 6.87. The van der Waals surface area contributed by atoms with E-state index in [-0.39, 0.29) is 0 Å². The molecule has 3 heterocycles. The van der Waals surface area contributed by atoms with E-state index in [2.05, 4.69) is 15.1 Å². The van der Waals surface area contributed by atoms with E-state index in [1.54, 1.807) is 25.4 Å². The van der Waals surface area contributed by atoms with Crippen molar-refractivity contribution >= 4 is 28.9 Å². The summed E-state index contributed by atoms with van der Waals surface area (Å²) in [7, 11) is 1.69. The summed E-state index contributed by atoms with van der Waals surface area (Å²) in [5.41, 5.74) is 6.47. The minimum absolute atomic E-state index is 0.332. The van der Waals surface area contributed by atoms with Crippen molar-refractivity contribution in [2.45, 2.75) is 13.3 Å². The summed E-state index contributed by atoms with van der Waals surface area (Å²) in [5.74, 6) is 1.15. The number of nitrogens with two attached hydrogens (primary N) is 1. The molecule has 0 fully saturated rings. The maximum atomic E-state index is 12.0. The predicted octanol–water partition coefficient (Wildman–Crippen LogP) is 2.28. The summed E-state index contributed by atoms with van der Waals surface area (Å²) in [6, 6.07) is 3.17. The number of carbonyl (C=O) groups excluding carboxylic acids is 1. The quantitative estimate of drug-likeness (QED) is 0.787. The number of nitrogens with zero attached hydrogens (tertiary/aromatic N) is 5. The van der Waals surface area contributed by atoms with Gasteiger partial charge in [0.25, 0.3) is 0 Å². The first kappa shape index (κ1) is 15.2. The van der Waals surface area contributed by atoms with Gasteiger partial charge >= 0.3 is 6.09 Å². The first-order chi connectivity index (χ1) is 11.1. The Hall–Kier alpha value is -2.68. The van der Waals surface area contributed by atoms with Crippen molar-refractivity contribution < 1.29 is 9.53 Å². The van der Waals surface area contributed by atoms with Gasteiger partial charge in [0.15, 0.2) is 10.7 Å². The lowest BCUT2D eigenvalue weighted by molar-refractivity contribution is 0.163. The van der Waals surface area contributed by atoms with Crippen molar-refractivity contribution in [1.29, 1.82) is 0 Å². The summed E-state index contributed by atoms with van der Waals surface area (Å²) in [4.78, 5) is 22.0. The molecule has 2 N–H and O–H groups in total. The van der Waals surface area contributed by atoms with Gasteiger partial charge in [0, 0.05) is 37.3 Å². The number of hydrogen-bond acceptors (Lipinski definition) is 7. The Morgan fingerprint density at radius 3 is 3.00 bits per heavy atom. The predicted molar refractivity (Wildman–Crippen MR) is 87.5 cm³/mol. The molecule has 0 aliphatic carbocycles. The standard InChI is InChI=1S/C14H16N6O2S/c1-3-5-19(2)14(21)22-9-7-10(15)20-11(8-9)17-12(18-20)13-16-4-6-23-13/h4,6-8H,3,5,15H2,1-2H3. The van der Waals surface area contributed by atoms with E-state index in [1.165, 1.54) is 20.8 Å². The molecule has 0 atom stereocenters. The third-order valence-electron chi connectivity index (χ3n) is 3.14. The maximum Gasteiger partial charge on any atom is 0.414 e. The zero-order valence-electron chi connectivity index (χ0n) is 12.8. The highest BCUT2D eigenvalue weighted by Gasteiger charge is 2.15. The van der Waals surface area contributed by atoms with Crippen molar-refractivity contribution in [2.24, 2.45) is 0 Å². The Kier molecular flexibility index (Phi) is 4.11. The van der Waals surface area contributed by atoms with Crippen LogP contribution in [0.2, 0.25) is 0 Å². The molecule has 9 heteroatoms. The topological polar surface area (TPSA) is 98.6 Å². The highest BCUT2D eigenvalue weighted by Crippen LogP contribution is 2.23. The maximum absolute atomic E-state index is 12.0. The van der Waals surface area contributed by atoms with E-state index >= 15 is 0 Å². The van der Waals surface area contributed by atoms with Crippen LogP contribution in [0.15, 0.2) is 23.7 Å². The lowest BCUT2D eigenvalue weighted by Gasteiger charge is -2.15. The van der Waals surface area contributed by atoms with Gasteiger partial charge in [-0.3, -0.25) is 0 Å². The van der Waals surface area contributed by atoms with Gasteiger partial charge in [-0.1, -0.05) is 6.92 Å². The summed E-state index contributed by atoms with van der Waals surface area (Å²) < 4.78 is 6.82. The van der Waals surface area contributed by atoms with Gasteiger partial charge in [-0.05, 0) is 6.42 Å². The van der Waals surface area contributed by atoms with E-state index in [9.17, 15) is 4.79 Å². The fourth-order valence-corrected chi connectivity index (χ4v) is 2.64. The van der Waals surface area contributed by atoms with Crippen LogP contribution >= 0.6 is 11.3 Å². The van der Waals surface area contributed by atoms with Crippen LogP contribution in [0, 0.1) is 0 Å². The second-order valence-corrected chi connectivity index (χ2v) is 5.84. The van der Waals surface area contributed by atoms with Gasteiger partial charge in [0.2, 0.25) is 5.82 Å². The molecule has 0 radical (unpaired) electrons. The van der Waals surface area contributed by atoms with E-state index in [0.717, 1.165) is 6.42 Å². The average Bonchev–Trinajstić information content (AvgIpc) is 3.16. The molecule has 1 amide bonds. The van der Waals surface area contributed by atoms with Crippen LogP contribution in [0.5, 0.6) is 5.75 Å². The molecule has 0 aliphatic rings. The second-order valence-electron chi connectivity index (χ2n) is 4.95. The number of thiazole rings is 1. The van der Waals surface area contributed by atoms with Crippen molar-refractivity contribution in [3.05, 3.63) is 23.7 Å². The number of aromatic nitrogens is 4. The number of pyridine rings is 1. The molecule has 3 aromatic rings. The minimum Gasteiger partial charge on any atom is -0.410 e. The summed E-state index contributed by atoms with van der Waals surface area (Å²) >= 11 is 1.44. The van der Waals surface area contributed by atoms with Crippen LogP contribution in [-0.2, 0) is 0 Å². The number of amides is 1. The lowest BCUT2D eigenvalue weighted by Crippen LogP contribution is -2.30. The Labute approximate surface area is 136 Å². The smallest absolute Gasteiger partial charge is 0.410 e. The second kappa shape index (κ2) is 6.21. The van der Waals surface area contributed by atoms with E-state index in [1.807, 2.05) is 12.3 Å². The van der Waals surface area contributed by atoms with Gasteiger partial charge in [0.05, 0.1) is 0 Å². The molecule has 3 rings (SSSR count). The zero-order chi connectivity index (χ0) is 16.4. The molecule has 0 spiro atoms. The van der Waals surface area contributed by atoms with Crippen LogP contribution < -0.4 is 10.5 Å². The highest BCUT2D eigenvalue weighted by molar-refractivity contribution is 7.13. The molecule has 0 aliphatic heterocycles. The number of nitrogen functional groups attached to an aromatic ring is 1. The Morgan fingerprint density at radius 1 is 1.48 bits per heavy atom. The largest absolute Gasteiger partial charge is 0.414 e. The van der Waals surface area contributed by atoms with Gasteiger partial charge in [0.1, 0.15) is 11.6 Å². The number of fused-ring (bicyclic) bond motifs is 1. The first-order valence-electron chi connectivity index (χ1n) is 7.07. The molecule has 3 aromatic heterocycles. The molecular formula is C14H16N6O2S. The number of hydrogen-bond donors (Lipinski definition) is 1. The van der Waals surface area contributed by atoms with Crippen LogP contribution in [0.3, 0.4) is 0 Å². The first-order valence-corrected chi connectivity index (χ1v) is 7.95. The highest BCUT2D eigenvalue weighted by atomic mass is 32.1. The number of carbonyl (C=O) groups is 1. The third kappa shape index (κ3) is 3.09. The van der Waals surface area contributed by atoms with Crippen LogP contribution in [0.1, 0.15) is 13.3 Å². The van der Waals surface area contributed by atoms with Gasteiger partial charge in [-0.2, -0.15) is 4.52 Å². The van der Waals surface area contributed by atoms with E-state index in [4.69, 9.17) is 10.5 Å². The Morgan fingerprint density at radius 2 is 2.30 bits per heavy atom. The van der Waals surface area contributed by atoms with Gasteiger partial charge in [-0.15, -0.1) is 16.4 Å². The van der Waals surface area contributed by atoms with E-state index < -0.39 is 6.09 Å². The minimum atomic E-state index is -0.435. The molecule has 0 bridgehead atoms. The molecule has 0 saturated heterocycles. The van der Waals surface area contributed by atoms with Crippen molar-refractivity contribution in [1.82, 2.24) is 24.5 Å². The van der Waals surface area contributed by atoms with E-state index in [0.29, 0.717) is 34.6 Å².